The third kappa shape index (κ3) is 6.87. The van der Waals surface area contributed by atoms with Crippen molar-refractivity contribution >= 4 is 46.8 Å². The number of rotatable bonds is 9. The Morgan fingerprint density at radius 3 is 2.38 bits per heavy atom. The summed E-state index contributed by atoms with van der Waals surface area (Å²) in [7, 11) is 0. The minimum Gasteiger partial charge on any atom is -0.352 e. The molecular weight excluding hydrogens is 470 g/mol. The van der Waals surface area contributed by atoms with Crippen LogP contribution in [0.15, 0.2) is 42.5 Å². The second kappa shape index (κ2) is 11.9. The number of hydrogen-bond donors (Lipinski definition) is 1. The van der Waals surface area contributed by atoms with E-state index in [0.29, 0.717) is 21.4 Å². The first-order chi connectivity index (χ1) is 15.3. The van der Waals surface area contributed by atoms with Crippen molar-refractivity contribution in [1.82, 2.24) is 10.2 Å². The van der Waals surface area contributed by atoms with E-state index in [0.717, 1.165) is 31.2 Å². The maximum absolute atomic E-state index is 13.2. The van der Waals surface area contributed by atoms with Crippen LogP contribution in [0.25, 0.3) is 0 Å². The van der Waals surface area contributed by atoms with Crippen molar-refractivity contribution in [2.45, 2.75) is 57.0 Å². The second-order valence-corrected chi connectivity index (χ2v) is 9.81. The third-order valence-corrected chi connectivity index (χ3v) is 7.36. The van der Waals surface area contributed by atoms with Gasteiger partial charge in [-0.2, -0.15) is 0 Å². The summed E-state index contributed by atoms with van der Waals surface area (Å²) in [6, 6.07) is 10.9. The van der Waals surface area contributed by atoms with E-state index in [-0.39, 0.29) is 36.0 Å². The number of hydrogen-bond acceptors (Lipinski definition) is 3. The van der Waals surface area contributed by atoms with Crippen LogP contribution >= 0.6 is 35.0 Å². The standard InChI is InChI=1S/C24H27Cl2FN2O2S/c1-16(24(31)28-19-5-2-3-6-19)29(13-20-21(25)7-4-8-22(20)26)23(30)15-32-14-17-9-11-18(27)12-10-17/h4,7-12,16,19H,2-3,5-6,13-15H2,1H3,(H,28,31). The van der Waals surface area contributed by atoms with Gasteiger partial charge in [-0.1, -0.05) is 54.2 Å². The fourth-order valence-electron chi connectivity index (χ4n) is 3.75. The highest BCUT2D eigenvalue weighted by Crippen LogP contribution is 2.27. The Kier molecular flexibility index (Phi) is 9.26. The Bertz CT molecular complexity index is 916. The zero-order chi connectivity index (χ0) is 23.1. The summed E-state index contributed by atoms with van der Waals surface area (Å²) >= 11 is 14.1. The first-order valence-electron chi connectivity index (χ1n) is 10.7. The first-order valence-corrected chi connectivity index (χ1v) is 12.6. The summed E-state index contributed by atoms with van der Waals surface area (Å²) in [4.78, 5) is 27.6. The van der Waals surface area contributed by atoms with Gasteiger partial charge in [-0.05, 0) is 49.6 Å². The Morgan fingerprint density at radius 2 is 1.75 bits per heavy atom. The van der Waals surface area contributed by atoms with E-state index in [1.807, 2.05) is 0 Å². The number of thioether (sulfide) groups is 1. The fourth-order valence-corrected chi connectivity index (χ4v) is 5.14. The molecule has 2 aromatic rings. The molecule has 1 aliphatic rings. The highest BCUT2D eigenvalue weighted by atomic mass is 35.5. The van der Waals surface area contributed by atoms with Crippen molar-refractivity contribution in [3.63, 3.8) is 0 Å². The van der Waals surface area contributed by atoms with Gasteiger partial charge in [0.2, 0.25) is 11.8 Å². The average Bonchev–Trinajstić information content (AvgIpc) is 3.27. The lowest BCUT2D eigenvalue weighted by molar-refractivity contribution is -0.138. The van der Waals surface area contributed by atoms with Crippen molar-refractivity contribution in [3.05, 3.63) is 69.5 Å². The highest BCUT2D eigenvalue weighted by Gasteiger charge is 2.29. The number of benzene rings is 2. The van der Waals surface area contributed by atoms with E-state index < -0.39 is 6.04 Å². The van der Waals surface area contributed by atoms with Gasteiger partial charge in [0.25, 0.3) is 0 Å². The largest absolute Gasteiger partial charge is 0.352 e. The van der Waals surface area contributed by atoms with Gasteiger partial charge in [-0.3, -0.25) is 9.59 Å². The average molecular weight is 497 g/mol. The van der Waals surface area contributed by atoms with Gasteiger partial charge in [0.05, 0.1) is 5.75 Å². The Balaban J connectivity index is 1.70. The summed E-state index contributed by atoms with van der Waals surface area (Å²) < 4.78 is 13.1. The van der Waals surface area contributed by atoms with Crippen LogP contribution in [0.5, 0.6) is 0 Å². The molecule has 1 saturated carbocycles. The van der Waals surface area contributed by atoms with E-state index in [1.165, 1.54) is 28.8 Å². The van der Waals surface area contributed by atoms with Gasteiger partial charge in [0.1, 0.15) is 11.9 Å². The molecule has 1 atom stereocenters. The fraction of sp³-hybridized carbons (Fsp3) is 0.417. The van der Waals surface area contributed by atoms with E-state index in [2.05, 4.69) is 5.32 Å². The SMILES string of the molecule is CC(C(=O)NC1CCCC1)N(Cc1c(Cl)cccc1Cl)C(=O)CSCc1ccc(F)cc1. The third-order valence-electron chi connectivity index (χ3n) is 5.67. The van der Waals surface area contributed by atoms with Crippen LogP contribution in [-0.4, -0.2) is 34.6 Å². The normalized spacial score (nSPS) is 14.9. The number of carbonyl (C=O) groups excluding carboxylic acids is 2. The summed E-state index contributed by atoms with van der Waals surface area (Å²) in [5, 5.41) is 3.99. The molecule has 2 aromatic carbocycles. The first kappa shape index (κ1) is 24.9. The van der Waals surface area contributed by atoms with Crippen molar-refractivity contribution in [3.8, 4) is 0 Å². The highest BCUT2D eigenvalue weighted by molar-refractivity contribution is 7.99. The monoisotopic (exact) mass is 496 g/mol. The van der Waals surface area contributed by atoms with Crippen molar-refractivity contribution in [2.24, 2.45) is 0 Å². The van der Waals surface area contributed by atoms with Gasteiger partial charge in [0.15, 0.2) is 0 Å². The second-order valence-electron chi connectivity index (χ2n) is 8.01. The number of carbonyl (C=O) groups is 2. The molecular formula is C24H27Cl2FN2O2S. The minimum atomic E-state index is -0.665. The molecule has 1 unspecified atom stereocenters. The molecule has 0 heterocycles. The molecule has 32 heavy (non-hydrogen) atoms. The Labute approximate surface area is 202 Å². The summed E-state index contributed by atoms with van der Waals surface area (Å²) in [6.45, 7) is 1.88. The van der Waals surface area contributed by atoms with E-state index >= 15 is 0 Å². The van der Waals surface area contributed by atoms with Gasteiger partial charge >= 0.3 is 0 Å². The molecule has 1 fully saturated rings. The Morgan fingerprint density at radius 1 is 1.12 bits per heavy atom. The molecule has 2 amide bonds. The van der Waals surface area contributed by atoms with Crippen LogP contribution in [0.3, 0.4) is 0 Å². The number of nitrogens with one attached hydrogen (secondary N) is 1. The Hall–Kier alpha value is -1.76. The van der Waals surface area contributed by atoms with Crippen LogP contribution in [-0.2, 0) is 21.9 Å². The van der Waals surface area contributed by atoms with Gasteiger partial charge < -0.3 is 10.2 Å². The topological polar surface area (TPSA) is 49.4 Å². The van der Waals surface area contributed by atoms with E-state index in [4.69, 9.17) is 23.2 Å². The molecule has 0 aliphatic heterocycles. The molecule has 0 aromatic heterocycles. The van der Waals surface area contributed by atoms with Gasteiger partial charge in [0, 0.05) is 33.9 Å². The molecule has 0 bridgehead atoms. The quantitative estimate of drug-likeness (QED) is 0.474. The maximum atomic E-state index is 13.2. The summed E-state index contributed by atoms with van der Waals surface area (Å²) in [5.41, 5.74) is 1.55. The molecule has 1 aliphatic carbocycles. The molecule has 1 N–H and O–H groups in total. The van der Waals surface area contributed by atoms with Gasteiger partial charge in [-0.15, -0.1) is 11.8 Å². The molecule has 0 radical (unpaired) electrons. The summed E-state index contributed by atoms with van der Waals surface area (Å²) in [6.07, 6.45) is 4.15. The van der Waals surface area contributed by atoms with Crippen LogP contribution < -0.4 is 5.32 Å². The summed E-state index contributed by atoms with van der Waals surface area (Å²) in [5.74, 6) is 0.106. The van der Waals surface area contributed by atoms with Crippen molar-refractivity contribution in [2.75, 3.05) is 5.75 Å². The van der Waals surface area contributed by atoms with Crippen LogP contribution in [0.1, 0.15) is 43.7 Å². The zero-order valence-electron chi connectivity index (χ0n) is 18.0. The number of halogens is 3. The zero-order valence-corrected chi connectivity index (χ0v) is 20.3. The molecule has 8 heteroatoms. The van der Waals surface area contributed by atoms with E-state index in [9.17, 15) is 14.0 Å². The van der Waals surface area contributed by atoms with Crippen molar-refractivity contribution in [1.29, 1.82) is 0 Å². The van der Waals surface area contributed by atoms with Crippen LogP contribution in [0.4, 0.5) is 4.39 Å². The molecule has 172 valence electrons. The smallest absolute Gasteiger partial charge is 0.242 e. The molecule has 0 saturated heterocycles. The molecule has 4 nitrogen and oxygen atoms in total. The lowest BCUT2D eigenvalue weighted by Gasteiger charge is -2.30. The lowest BCUT2D eigenvalue weighted by atomic mass is 10.1. The minimum absolute atomic E-state index is 0.147. The number of nitrogens with zero attached hydrogens (tertiary/aromatic N) is 1. The molecule has 3 rings (SSSR count). The van der Waals surface area contributed by atoms with Crippen LogP contribution in [0.2, 0.25) is 10.0 Å². The lowest BCUT2D eigenvalue weighted by Crippen LogP contribution is -2.50. The van der Waals surface area contributed by atoms with Gasteiger partial charge in [-0.25, -0.2) is 4.39 Å². The maximum Gasteiger partial charge on any atom is 0.242 e. The van der Waals surface area contributed by atoms with Crippen LogP contribution in [0, 0.1) is 5.82 Å². The van der Waals surface area contributed by atoms with E-state index in [1.54, 1.807) is 37.3 Å². The predicted molar refractivity (Wildman–Crippen MR) is 129 cm³/mol. The molecule has 0 spiro atoms. The van der Waals surface area contributed by atoms with Crippen molar-refractivity contribution < 1.29 is 14.0 Å². The predicted octanol–water partition coefficient (Wildman–Crippen LogP) is 5.84. The number of amides is 2.